The SMILES string of the molecule is CCNC(=NCC1(N2CCCCC2)CCN(C)CC1)NC1CCC(=O)N(C)C1. The highest BCUT2D eigenvalue weighted by Crippen LogP contribution is 2.31. The van der Waals surface area contributed by atoms with E-state index < -0.39 is 0 Å². The van der Waals surface area contributed by atoms with E-state index in [-0.39, 0.29) is 17.5 Å². The highest BCUT2D eigenvalue weighted by Gasteiger charge is 2.39. The van der Waals surface area contributed by atoms with Gasteiger partial charge in [-0.2, -0.15) is 0 Å². The van der Waals surface area contributed by atoms with Crippen LogP contribution in [0.5, 0.6) is 0 Å². The number of guanidine groups is 1. The molecule has 7 nitrogen and oxygen atoms in total. The van der Waals surface area contributed by atoms with E-state index in [1.165, 1.54) is 45.2 Å². The Morgan fingerprint density at radius 2 is 1.86 bits per heavy atom. The third-order valence-corrected chi connectivity index (χ3v) is 6.79. The van der Waals surface area contributed by atoms with E-state index in [0.717, 1.165) is 45.1 Å². The van der Waals surface area contributed by atoms with E-state index in [9.17, 15) is 4.79 Å². The summed E-state index contributed by atoms with van der Waals surface area (Å²) in [6.45, 7) is 9.34. The van der Waals surface area contributed by atoms with E-state index in [1.54, 1.807) is 0 Å². The lowest BCUT2D eigenvalue weighted by Crippen LogP contribution is -2.59. The average Bonchev–Trinajstić information content (AvgIpc) is 2.71. The molecule has 1 unspecified atom stereocenters. The van der Waals surface area contributed by atoms with E-state index in [1.807, 2.05) is 11.9 Å². The number of aliphatic imine (C=N–C) groups is 1. The van der Waals surface area contributed by atoms with Gasteiger partial charge in [0.25, 0.3) is 0 Å². The lowest BCUT2D eigenvalue weighted by Gasteiger charge is -2.49. The Balaban J connectivity index is 1.68. The molecule has 0 aromatic rings. The van der Waals surface area contributed by atoms with E-state index in [2.05, 4.69) is 34.4 Å². The zero-order chi connectivity index (χ0) is 20.0. The molecule has 0 bridgehead atoms. The van der Waals surface area contributed by atoms with Crippen LogP contribution in [0.1, 0.15) is 51.9 Å². The van der Waals surface area contributed by atoms with Crippen LogP contribution < -0.4 is 10.6 Å². The first-order valence-electron chi connectivity index (χ1n) is 11.2. The van der Waals surface area contributed by atoms with Gasteiger partial charge in [-0.15, -0.1) is 0 Å². The Labute approximate surface area is 170 Å². The number of carbonyl (C=O) groups is 1. The number of nitrogens with zero attached hydrogens (tertiary/aromatic N) is 4. The van der Waals surface area contributed by atoms with E-state index in [4.69, 9.17) is 4.99 Å². The summed E-state index contributed by atoms with van der Waals surface area (Å²) in [5.41, 5.74) is 0.203. The molecule has 0 spiro atoms. The Kier molecular flexibility index (Phi) is 7.57. The first kappa shape index (κ1) is 21.4. The minimum absolute atomic E-state index is 0.203. The van der Waals surface area contributed by atoms with Crippen LogP contribution in [0.25, 0.3) is 0 Å². The molecule has 3 saturated heterocycles. The summed E-state index contributed by atoms with van der Waals surface area (Å²) in [7, 11) is 4.12. The molecule has 0 saturated carbocycles. The van der Waals surface area contributed by atoms with Gasteiger partial charge >= 0.3 is 0 Å². The van der Waals surface area contributed by atoms with Gasteiger partial charge in [-0.1, -0.05) is 6.42 Å². The molecule has 3 fully saturated rings. The zero-order valence-electron chi connectivity index (χ0n) is 18.2. The maximum Gasteiger partial charge on any atom is 0.222 e. The summed E-state index contributed by atoms with van der Waals surface area (Å²) in [4.78, 5) is 23.9. The van der Waals surface area contributed by atoms with E-state index >= 15 is 0 Å². The van der Waals surface area contributed by atoms with Crippen LogP contribution in [-0.2, 0) is 4.79 Å². The molecule has 2 N–H and O–H groups in total. The van der Waals surface area contributed by atoms with Crippen LogP contribution in [0.2, 0.25) is 0 Å². The first-order valence-corrected chi connectivity index (χ1v) is 11.2. The summed E-state index contributed by atoms with van der Waals surface area (Å²) in [6, 6.07) is 0.281. The van der Waals surface area contributed by atoms with Crippen LogP contribution in [-0.4, -0.2) is 98.1 Å². The van der Waals surface area contributed by atoms with Crippen molar-refractivity contribution in [1.29, 1.82) is 0 Å². The Morgan fingerprint density at radius 1 is 1.14 bits per heavy atom. The largest absolute Gasteiger partial charge is 0.357 e. The number of likely N-dealkylation sites (tertiary alicyclic amines) is 3. The van der Waals surface area contributed by atoms with Gasteiger partial charge in [-0.05, 0) is 72.3 Å². The minimum Gasteiger partial charge on any atom is -0.357 e. The Morgan fingerprint density at radius 3 is 2.50 bits per heavy atom. The van der Waals surface area contributed by atoms with Crippen molar-refractivity contribution in [2.45, 2.75) is 63.5 Å². The van der Waals surface area contributed by atoms with Crippen molar-refractivity contribution >= 4 is 11.9 Å². The van der Waals surface area contributed by atoms with Crippen molar-refractivity contribution in [3.05, 3.63) is 0 Å². The van der Waals surface area contributed by atoms with Crippen molar-refractivity contribution < 1.29 is 4.79 Å². The quantitative estimate of drug-likeness (QED) is 0.542. The standard InChI is InChI=1S/C21H40N6O/c1-4-22-20(24-18-8-9-19(28)26(3)16-18)23-17-21(10-14-25(2)15-11-21)27-12-6-5-7-13-27/h18H,4-17H2,1-3H3,(H2,22,23,24). The van der Waals surface area contributed by atoms with Gasteiger partial charge in [0.15, 0.2) is 5.96 Å². The summed E-state index contributed by atoms with van der Waals surface area (Å²) < 4.78 is 0. The van der Waals surface area contributed by atoms with Gasteiger partial charge in [-0.25, -0.2) is 0 Å². The molecule has 160 valence electrons. The predicted octanol–water partition coefficient (Wildman–Crippen LogP) is 1.11. The van der Waals surface area contributed by atoms with Gasteiger partial charge in [0.2, 0.25) is 5.91 Å². The lowest BCUT2D eigenvalue weighted by molar-refractivity contribution is -0.132. The van der Waals surface area contributed by atoms with Crippen LogP contribution in [0.3, 0.4) is 0 Å². The molecule has 7 heteroatoms. The monoisotopic (exact) mass is 392 g/mol. The fourth-order valence-electron chi connectivity index (χ4n) is 4.85. The summed E-state index contributed by atoms with van der Waals surface area (Å²) in [5, 5.41) is 7.02. The lowest BCUT2D eigenvalue weighted by atomic mass is 9.84. The molecule has 1 amide bonds. The summed E-state index contributed by atoms with van der Waals surface area (Å²) in [6.07, 6.45) is 7.92. The third-order valence-electron chi connectivity index (χ3n) is 6.79. The molecule has 28 heavy (non-hydrogen) atoms. The number of likely N-dealkylation sites (N-methyl/N-ethyl adjacent to an activating group) is 1. The number of piperidine rings is 3. The Hall–Kier alpha value is -1.34. The third kappa shape index (κ3) is 5.38. The van der Waals surface area contributed by atoms with Crippen molar-refractivity contribution in [1.82, 2.24) is 25.3 Å². The summed E-state index contributed by atoms with van der Waals surface area (Å²) >= 11 is 0. The van der Waals surface area contributed by atoms with Gasteiger partial charge in [0.05, 0.1) is 6.54 Å². The second-order valence-electron chi connectivity index (χ2n) is 8.92. The molecule has 3 aliphatic rings. The highest BCUT2D eigenvalue weighted by atomic mass is 16.2. The first-order chi connectivity index (χ1) is 13.5. The topological polar surface area (TPSA) is 63.2 Å². The molecule has 3 heterocycles. The molecule has 3 aliphatic heterocycles. The molecular formula is C21H40N6O. The van der Waals surface area contributed by atoms with Crippen LogP contribution in [0.15, 0.2) is 4.99 Å². The minimum atomic E-state index is 0.203. The van der Waals surface area contributed by atoms with Crippen molar-refractivity contribution in [3.8, 4) is 0 Å². The number of nitrogens with one attached hydrogen (secondary N) is 2. The number of rotatable bonds is 5. The van der Waals surface area contributed by atoms with Crippen LogP contribution in [0.4, 0.5) is 0 Å². The fraction of sp³-hybridized carbons (Fsp3) is 0.905. The number of carbonyl (C=O) groups excluding carboxylic acids is 1. The molecule has 0 aromatic heterocycles. The second-order valence-corrected chi connectivity index (χ2v) is 8.92. The van der Waals surface area contributed by atoms with Crippen molar-refractivity contribution in [3.63, 3.8) is 0 Å². The van der Waals surface area contributed by atoms with Crippen LogP contribution >= 0.6 is 0 Å². The normalized spacial score (nSPS) is 27.7. The second kappa shape index (κ2) is 9.92. The molecule has 0 aliphatic carbocycles. The van der Waals surface area contributed by atoms with Crippen LogP contribution in [0, 0.1) is 0 Å². The summed E-state index contributed by atoms with van der Waals surface area (Å²) in [5.74, 6) is 1.15. The molecular weight excluding hydrogens is 352 g/mol. The molecule has 1 atom stereocenters. The predicted molar refractivity (Wildman–Crippen MR) is 115 cm³/mol. The van der Waals surface area contributed by atoms with Crippen molar-refractivity contribution in [2.75, 3.05) is 59.9 Å². The van der Waals surface area contributed by atoms with Crippen molar-refractivity contribution in [2.24, 2.45) is 4.99 Å². The molecule has 0 aromatic carbocycles. The number of hydrogen-bond donors (Lipinski definition) is 2. The maximum absolute atomic E-state index is 11.8. The number of amides is 1. The van der Waals surface area contributed by atoms with Gasteiger partial charge in [0.1, 0.15) is 0 Å². The number of hydrogen-bond acceptors (Lipinski definition) is 4. The Bertz CT molecular complexity index is 537. The molecule has 0 radical (unpaired) electrons. The molecule has 3 rings (SSSR count). The smallest absolute Gasteiger partial charge is 0.222 e. The maximum atomic E-state index is 11.8. The fourth-order valence-corrected chi connectivity index (χ4v) is 4.85. The van der Waals surface area contributed by atoms with Gasteiger partial charge in [0, 0.05) is 38.1 Å². The average molecular weight is 393 g/mol. The highest BCUT2D eigenvalue weighted by molar-refractivity contribution is 5.81. The van der Waals surface area contributed by atoms with E-state index in [0.29, 0.717) is 6.42 Å². The zero-order valence-corrected chi connectivity index (χ0v) is 18.2. The van der Waals surface area contributed by atoms with Gasteiger partial charge in [-0.3, -0.25) is 14.7 Å². The van der Waals surface area contributed by atoms with Gasteiger partial charge < -0.3 is 20.4 Å².